The Balaban J connectivity index is 1.76. The Morgan fingerprint density at radius 1 is 1.08 bits per heavy atom. The number of carbonyl (C=O) groups is 1. The number of aryl methyl sites for hydroxylation is 1. The Labute approximate surface area is 144 Å². The lowest BCUT2D eigenvalue weighted by molar-refractivity contribution is 0.0595. The van der Waals surface area contributed by atoms with Gasteiger partial charge in [-0.2, -0.15) is 0 Å². The highest BCUT2D eigenvalue weighted by Crippen LogP contribution is 2.31. The first-order valence-corrected chi connectivity index (χ1v) is 8.32. The van der Waals surface area contributed by atoms with Crippen LogP contribution in [0.3, 0.4) is 0 Å². The van der Waals surface area contributed by atoms with Crippen molar-refractivity contribution in [3.63, 3.8) is 0 Å². The molecule has 0 aliphatic rings. The average Bonchev–Trinajstić information content (AvgIpc) is 3.02. The van der Waals surface area contributed by atoms with E-state index in [0.29, 0.717) is 12.3 Å². The Kier molecular flexibility index (Phi) is 4.91. The summed E-state index contributed by atoms with van der Waals surface area (Å²) in [5.74, 6) is 0.363. The van der Waals surface area contributed by atoms with Gasteiger partial charge in [-0.1, -0.05) is 30.3 Å². The number of thiazole rings is 1. The number of benzene rings is 2. The molecule has 0 unspecified atom stereocenters. The SMILES string of the molecule is COC(=O)c1nc(C)sc1-c1ccc(OCc2ccccc2)cc1. The fourth-order valence-electron chi connectivity index (χ4n) is 2.30. The third-order valence-electron chi connectivity index (χ3n) is 3.48. The first-order chi connectivity index (χ1) is 11.7. The molecule has 1 aromatic heterocycles. The van der Waals surface area contributed by atoms with Crippen LogP contribution in [0.2, 0.25) is 0 Å². The lowest BCUT2D eigenvalue weighted by atomic mass is 10.1. The number of aromatic nitrogens is 1. The topological polar surface area (TPSA) is 48.4 Å². The van der Waals surface area contributed by atoms with Crippen molar-refractivity contribution < 1.29 is 14.3 Å². The maximum atomic E-state index is 11.8. The number of nitrogens with zero attached hydrogens (tertiary/aromatic N) is 1. The molecule has 0 radical (unpaired) electrons. The van der Waals surface area contributed by atoms with Gasteiger partial charge in [0.1, 0.15) is 12.4 Å². The van der Waals surface area contributed by atoms with Crippen LogP contribution >= 0.6 is 11.3 Å². The zero-order valence-electron chi connectivity index (χ0n) is 13.5. The zero-order chi connectivity index (χ0) is 16.9. The van der Waals surface area contributed by atoms with E-state index in [1.165, 1.54) is 18.4 Å². The van der Waals surface area contributed by atoms with Gasteiger partial charge in [-0.05, 0) is 42.3 Å². The van der Waals surface area contributed by atoms with Crippen LogP contribution in [0.25, 0.3) is 10.4 Å². The molecule has 1 heterocycles. The van der Waals surface area contributed by atoms with Gasteiger partial charge in [0.2, 0.25) is 0 Å². The van der Waals surface area contributed by atoms with Crippen molar-refractivity contribution in [3.8, 4) is 16.2 Å². The number of ether oxygens (including phenoxy) is 2. The third kappa shape index (κ3) is 3.63. The van der Waals surface area contributed by atoms with E-state index < -0.39 is 5.97 Å². The van der Waals surface area contributed by atoms with Gasteiger partial charge in [-0.3, -0.25) is 0 Å². The van der Waals surface area contributed by atoms with Crippen LogP contribution in [0.15, 0.2) is 54.6 Å². The second kappa shape index (κ2) is 7.27. The Morgan fingerprint density at radius 2 is 1.79 bits per heavy atom. The van der Waals surface area contributed by atoms with E-state index >= 15 is 0 Å². The molecule has 0 fully saturated rings. The van der Waals surface area contributed by atoms with E-state index in [1.54, 1.807) is 0 Å². The highest BCUT2D eigenvalue weighted by molar-refractivity contribution is 7.15. The van der Waals surface area contributed by atoms with Crippen molar-refractivity contribution in [3.05, 3.63) is 70.9 Å². The number of hydrogen-bond donors (Lipinski definition) is 0. The van der Waals surface area contributed by atoms with Crippen LogP contribution in [0.5, 0.6) is 5.75 Å². The molecule has 0 amide bonds. The summed E-state index contributed by atoms with van der Waals surface area (Å²) in [6, 6.07) is 17.7. The smallest absolute Gasteiger partial charge is 0.358 e. The van der Waals surface area contributed by atoms with Crippen molar-refractivity contribution in [1.29, 1.82) is 0 Å². The molecule has 0 bridgehead atoms. The standard InChI is InChI=1S/C19H17NO3S/c1-13-20-17(19(21)22-2)18(24-13)15-8-10-16(11-9-15)23-12-14-6-4-3-5-7-14/h3-11H,12H2,1-2H3. The summed E-state index contributed by atoms with van der Waals surface area (Å²) in [6.45, 7) is 2.39. The van der Waals surface area contributed by atoms with Gasteiger partial charge in [0, 0.05) is 0 Å². The quantitative estimate of drug-likeness (QED) is 0.643. The monoisotopic (exact) mass is 339 g/mol. The van der Waals surface area contributed by atoms with E-state index in [2.05, 4.69) is 4.98 Å². The molecule has 0 N–H and O–H groups in total. The maximum absolute atomic E-state index is 11.8. The van der Waals surface area contributed by atoms with Gasteiger partial charge < -0.3 is 9.47 Å². The number of rotatable bonds is 5. The van der Waals surface area contributed by atoms with Crippen molar-refractivity contribution in [2.45, 2.75) is 13.5 Å². The molecule has 2 aromatic carbocycles. The second-order valence-electron chi connectivity index (χ2n) is 5.20. The molecule has 0 atom stereocenters. The largest absolute Gasteiger partial charge is 0.489 e. The van der Waals surface area contributed by atoms with E-state index in [4.69, 9.17) is 9.47 Å². The number of carbonyl (C=O) groups excluding carboxylic acids is 1. The van der Waals surface area contributed by atoms with E-state index in [9.17, 15) is 4.79 Å². The lowest BCUT2D eigenvalue weighted by Gasteiger charge is -2.07. The van der Waals surface area contributed by atoms with Crippen molar-refractivity contribution in [2.75, 3.05) is 7.11 Å². The normalized spacial score (nSPS) is 10.4. The highest BCUT2D eigenvalue weighted by atomic mass is 32.1. The van der Waals surface area contributed by atoms with Gasteiger partial charge in [0.05, 0.1) is 17.0 Å². The van der Waals surface area contributed by atoms with E-state index in [1.807, 2.05) is 61.5 Å². The molecular weight excluding hydrogens is 322 g/mol. The molecule has 3 aromatic rings. The molecule has 122 valence electrons. The molecular formula is C19H17NO3S. The van der Waals surface area contributed by atoms with Crippen molar-refractivity contribution >= 4 is 17.3 Å². The Bertz CT molecular complexity index is 826. The summed E-state index contributed by atoms with van der Waals surface area (Å²) in [4.78, 5) is 16.9. The van der Waals surface area contributed by atoms with Crippen LogP contribution in [0.4, 0.5) is 0 Å². The third-order valence-corrected chi connectivity index (χ3v) is 4.50. The Morgan fingerprint density at radius 3 is 2.46 bits per heavy atom. The van der Waals surface area contributed by atoms with Gasteiger partial charge in [-0.15, -0.1) is 11.3 Å². The first-order valence-electron chi connectivity index (χ1n) is 7.50. The summed E-state index contributed by atoms with van der Waals surface area (Å²) in [7, 11) is 1.36. The zero-order valence-corrected chi connectivity index (χ0v) is 14.3. The van der Waals surface area contributed by atoms with Crippen molar-refractivity contribution in [2.24, 2.45) is 0 Å². The average molecular weight is 339 g/mol. The van der Waals surface area contributed by atoms with Gasteiger partial charge in [-0.25, -0.2) is 9.78 Å². The highest BCUT2D eigenvalue weighted by Gasteiger charge is 2.18. The van der Waals surface area contributed by atoms with Crippen LogP contribution in [0, 0.1) is 6.92 Å². The number of hydrogen-bond acceptors (Lipinski definition) is 5. The summed E-state index contributed by atoms with van der Waals surface area (Å²) in [6.07, 6.45) is 0. The van der Waals surface area contributed by atoms with E-state index in [0.717, 1.165) is 26.8 Å². The molecule has 24 heavy (non-hydrogen) atoms. The minimum Gasteiger partial charge on any atom is -0.489 e. The second-order valence-corrected chi connectivity index (χ2v) is 6.40. The molecule has 0 spiro atoms. The van der Waals surface area contributed by atoms with E-state index in [-0.39, 0.29) is 0 Å². The summed E-state index contributed by atoms with van der Waals surface area (Å²) < 4.78 is 10.6. The predicted molar refractivity (Wildman–Crippen MR) is 94.4 cm³/mol. The van der Waals surface area contributed by atoms with Crippen LogP contribution < -0.4 is 4.74 Å². The number of methoxy groups -OCH3 is 1. The first kappa shape index (κ1) is 16.2. The fraction of sp³-hybridized carbons (Fsp3) is 0.158. The van der Waals surface area contributed by atoms with Crippen LogP contribution in [-0.2, 0) is 11.3 Å². The molecule has 0 aliphatic carbocycles. The van der Waals surface area contributed by atoms with Gasteiger partial charge in [0.25, 0.3) is 0 Å². The van der Waals surface area contributed by atoms with Crippen molar-refractivity contribution in [1.82, 2.24) is 4.98 Å². The molecule has 0 saturated carbocycles. The maximum Gasteiger partial charge on any atom is 0.358 e. The molecule has 0 saturated heterocycles. The number of esters is 1. The summed E-state index contributed by atoms with van der Waals surface area (Å²) in [5, 5.41) is 0.829. The lowest BCUT2D eigenvalue weighted by Crippen LogP contribution is -2.03. The molecule has 4 nitrogen and oxygen atoms in total. The predicted octanol–water partition coefficient (Wildman–Crippen LogP) is 4.48. The molecule has 5 heteroatoms. The molecule has 3 rings (SSSR count). The van der Waals surface area contributed by atoms with Crippen LogP contribution in [0.1, 0.15) is 21.1 Å². The van der Waals surface area contributed by atoms with Gasteiger partial charge in [0.15, 0.2) is 5.69 Å². The fourth-order valence-corrected chi connectivity index (χ4v) is 3.21. The minimum atomic E-state index is -0.418. The molecule has 0 aliphatic heterocycles. The summed E-state index contributed by atoms with van der Waals surface area (Å²) in [5.41, 5.74) is 2.40. The Hall–Kier alpha value is -2.66. The summed E-state index contributed by atoms with van der Waals surface area (Å²) >= 11 is 1.47. The minimum absolute atomic E-state index is 0.359. The van der Waals surface area contributed by atoms with Gasteiger partial charge >= 0.3 is 5.97 Å². The van der Waals surface area contributed by atoms with Crippen LogP contribution in [-0.4, -0.2) is 18.1 Å².